The van der Waals surface area contributed by atoms with Crippen LogP contribution in [0, 0.1) is 0 Å². The van der Waals surface area contributed by atoms with Crippen LogP contribution in [-0.2, 0) is 11.8 Å². The maximum atomic E-state index is 5.45. The van der Waals surface area contributed by atoms with E-state index in [4.69, 9.17) is 10.3 Å². The van der Waals surface area contributed by atoms with Crippen LogP contribution in [0.4, 0.5) is 0 Å². The van der Waals surface area contributed by atoms with Crippen molar-refractivity contribution in [2.24, 2.45) is 5.73 Å². The van der Waals surface area contributed by atoms with E-state index in [1.165, 1.54) is 5.56 Å². The minimum absolute atomic E-state index is 0.153. The Balaban J connectivity index is 2.23. The van der Waals surface area contributed by atoms with E-state index in [1.54, 1.807) is 0 Å². The smallest absolute Gasteiger partial charge is 0.228 e. The summed E-state index contributed by atoms with van der Waals surface area (Å²) in [6.07, 6.45) is 0.618. The Morgan fingerprint density at radius 2 is 1.83 bits per heavy atom. The van der Waals surface area contributed by atoms with E-state index in [0.29, 0.717) is 24.7 Å². The van der Waals surface area contributed by atoms with Gasteiger partial charge in [-0.25, -0.2) is 0 Å². The minimum Gasteiger partial charge on any atom is -0.339 e. The molecule has 18 heavy (non-hydrogen) atoms. The van der Waals surface area contributed by atoms with Gasteiger partial charge in [0.2, 0.25) is 11.7 Å². The molecule has 2 aromatic rings. The van der Waals surface area contributed by atoms with Gasteiger partial charge >= 0.3 is 0 Å². The summed E-state index contributed by atoms with van der Waals surface area (Å²) in [7, 11) is 0. The summed E-state index contributed by atoms with van der Waals surface area (Å²) in [5.74, 6) is 1.21. The second-order valence-electron chi connectivity index (χ2n) is 5.38. The molecule has 0 aliphatic heterocycles. The Bertz CT molecular complexity index is 509. The summed E-state index contributed by atoms with van der Waals surface area (Å²) in [6.45, 7) is 7.09. The predicted molar refractivity (Wildman–Crippen MR) is 71.2 cm³/mol. The highest BCUT2D eigenvalue weighted by molar-refractivity contribution is 5.55. The molecule has 1 heterocycles. The molecule has 0 atom stereocenters. The normalized spacial score (nSPS) is 11.8. The summed E-state index contributed by atoms with van der Waals surface area (Å²) >= 11 is 0. The molecule has 96 valence electrons. The van der Waals surface area contributed by atoms with Crippen molar-refractivity contribution in [1.82, 2.24) is 10.1 Å². The van der Waals surface area contributed by atoms with Gasteiger partial charge in [-0.15, -0.1) is 0 Å². The molecule has 0 amide bonds. The minimum atomic E-state index is 0.153. The van der Waals surface area contributed by atoms with Crippen molar-refractivity contribution in [1.29, 1.82) is 0 Å². The van der Waals surface area contributed by atoms with Crippen LogP contribution in [0.1, 0.15) is 32.2 Å². The van der Waals surface area contributed by atoms with E-state index in [1.807, 2.05) is 12.1 Å². The molecule has 1 aromatic carbocycles. The molecule has 2 N–H and O–H groups in total. The molecule has 4 nitrogen and oxygen atoms in total. The van der Waals surface area contributed by atoms with Crippen LogP contribution in [0.5, 0.6) is 0 Å². The summed E-state index contributed by atoms with van der Waals surface area (Å²) in [5.41, 5.74) is 7.86. The standard InChI is InChI=1S/C14H19N3O/c1-14(2,3)11-6-4-10(5-7-11)13-16-12(8-9-15)18-17-13/h4-7H,8-9,15H2,1-3H3. The van der Waals surface area contributed by atoms with Gasteiger partial charge in [0.05, 0.1) is 0 Å². The van der Waals surface area contributed by atoms with Gasteiger partial charge in [-0.1, -0.05) is 50.2 Å². The molecule has 0 radical (unpaired) electrons. The molecule has 0 aliphatic carbocycles. The number of nitrogens with two attached hydrogens (primary N) is 1. The van der Waals surface area contributed by atoms with Crippen LogP contribution in [-0.4, -0.2) is 16.7 Å². The fourth-order valence-corrected chi connectivity index (χ4v) is 1.72. The van der Waals surface area contributed by atoms with Gasteiger partial charge in [0.1, 0.15) is 0 Å². The van der Waals surface area contributed by atoms with Crippen molar-refractivity contribution < 1.29 is 4.52 Å². The topological polar surface area (TPSA) is 64.9 Å². The second kappa shape index (κ2) is 4.90. The lowest BCUT2D eigenvalue weighted by atomic mass is 9.87. The van der Waals surface area contributed by atoms with Crippen LogP contribution in [0.15, 0.2) is 28.8 Å². The fraction of sp³-hybridized carbons (Fsp3) is 0.429. The summed E-state index contributed by atoms with van der Waals surface area (Å²) in [5, 5.41) is 3.96. The van der Waals surface area contributed by atoms with Crippen LogP contribution < -0.4 is 5.73 Å². The van der Waals surface area contributed by atoms with Crippen LogP contribution >= 0.6 is 0 Å². The average molecular weight is 245 g/mol. The molecule has 0 unspecified atom stereocenters. The van der Waals surface area contributed by atoms with E-state index in [-0.39, 0.29) is 5.41 Å². The number of rotatable bonds is 3. The molecule has 2 rings (SSSR count). The van der Waals surface area contributed by atoms with E-state index in [2.05, 4.69) is 43.0 Å². The van der Waals surface area contributed by atoms with Crippen molar-refractivity contribution >= 4 is 0 Å². The van der Waals surface area contributed by atoms with Gasteiger partial charge in [0, 0.05) is 18.5 Å². The third-order valence-electron chi connectivity index (χ3n) is 2.84. The lowest BCUT2D eigenvalue weighted by Crippen LogP contribution is -2.10. The SMILES string of the molecule is CC(C)(C)c1ccc(-c2noc(CCN)n2)cc1. The van der Waals surface area contributed by atoms with Crippen molar-refractivity contribution in [3.05, 3.63) is 35.7 Å². The predicted octanol–water partition coefficient (Wildman–Crippen LogP) is 2.54. The van der Waals surface area contributed by atoms with Gasteiger partial charge in [-0.2, -0.15) is 4.98 Å². The monoisotopic (exact) mass is 245 g/mol. The van der Waals surface area contributed by atoms with E-state index in [0.717, 1.165) is 5.56 Å². The number of nitrogens with zero attached hydrogens (tertiary/aromatic N) is 2. The summed E-state index contributed by atoms with van der Waals surface area (Å²) in [6, 6.07) is 8.26. The largest absolute Gasteiger partial charge is 0.339 e. The number of benzene rings is 1. The molecule has 0 saturated carbocycles. The van der Waals surface area contributed by atoms with Gasteiger partial charge in [0.15, 0.2) is 0 Å². The Morgan fingerprint density at radius 3 is 2.39 bits per heavy atom. The van der Waals surface area contributed by atoms with Gasteiger partial charge in [-0.3, -0.25) is 0 Å². The Labute approximate surface area is 107 Å². The van der Waals surface area contributed by atoms with Gasteiger partial charge < -0.3 is 10.3 Å². The quantitative estimate of drug-likeness (QED) is 0.902. The van der Waals surface area contributed by atoms with Crippen molar-refractivity contribution in [3.8, 4) is 11.4 Å². The maximum Gasteiger partial charge on any atom is 0.228 e. The molecule has 0 saturated heterocycles. The molecule has 0 fully saturated rings. The molecule has 0 spiro atoms. The molecule has 0 bridgehead atoms. The zero-order chi connectivity index (χ0) is 13.2. The Hall–Kier alpha value is -1.68. The second-order valence-corrected chi connectivity index (χ2v) is 5.38. The van der Waals surface area contributed by atoms with Crippen molar-refractivity contribution in [2.75, 3.05) is 6.54 Å². The van der Waals surface area contributed by atoms with Crippen molar-refractivity contribution in [2.45, 2.75) is 32.6 Å². The van der Waals surface area contributed by atoms with Crippen LogP contribution in [0.3, 0.4) is 0 Å². The van der Waals surface area contributed by atoms with E-state index in [9.17, 15) is 0 Å². The van der Waals surface area contributed by atoms with Gasteiger partial charge in [-0.05, 0) is 11.0 Å². The molecule has 1 aromatic heterocycles. The summed E-state index contributed by atoms with van der Waals surface area (Å²) < 4.78 is 5.12. The first-order valence-electron chi connectivity index (χ1n) is 6.14. The third kappa shape index (κ3) is 2.76. The first-order chi connectivity index (χ1) is 8.50. The van der Waals surface area contributed by atoms with Gasteiger partial charge in [0.25, 0.3) is 0 Å². The first kappa shape index (κ1) is 12.8. The highest BCUT2D eigenvalue weighted by atomic mass is 16.5. The number of aromatic nitrogens is 2. The number of hydrogen-bond acceptors (Lipinski definition) is 4. The zero-order valence-corrected chi connectivity index (χ0v) is 11.1. The fourth-order valence-electron chi connectivity index (χ4n) is 1.72. The average Bonchev–Trinajstić information content (AvgIpc) is 2.77. The lowest BCUT2D eigenvalue weighted by molar-refractivity contribution is 0.380. The highest BCUT2D eigenvalue weighted by Crippen LogP contribution is 2.24. The van der Waals surface area contributed by atoms with E-state index >= 15 is 0 Å². The van der Waals surface area contributed by atoms with Crippen molar-refractivity contribution in [3.63, 3.8) is 0 Å². The Morgan fingerprint density at radius 1 is 1.17 bits per heavy atom. The van der Waals surface area contributed by atoms with Crippen LogP contribution in [0.2, 0.25) is 0 Å². The molecular formula is C14H19N3O. The third-order valence-corrected chi connectivity index (χ3v) is 2.84. The summed E-state index contributed by atoms with van der Waals surface area (Å²) in [4.78, 5) is 4.30. The van der Waals surface area contributed by atoms with Crippen LogP contribution in [0.25, 0.3) is 11.4 Å². The molecular weight excluding hydrogens is 226 g/mol. The molecule has 4 heteroatoms. The molecule has 0 aliphatic rings. The first-order valence-corrected chi connectivity index (χ1v) is 6.14. The number of hydrogen-bond donors (Lipinski definition) is 1. The zero-order valence-electron chi connectivity index (χ0n) is 11.1. The maximum absolute atomic E-state index is 5.45. The highest BCUT2D eigenvalue weighted by Gasteiger charge is 2.14. The van der Waals surface area contributed by atoms with E-state index < -0.39 is 0 Å². The lowest BCUT2D eigenvalue weighted by Gasteiger charge is -2.18. The Kier molecular flexibility index (Phi) is 3.48.